The van der Waals surface area contributed by atoms with Gasteiger partial charge in [0.15, 0.2) is 0 Å². The van der Waals surface area contributed by atoms with E-state index >= 15 is 0 Å². The highest BCUT2D eigenvalue weighted by Gasteiger charge is 2.16. The van der Waals surface area contributed by atoms with Gasteiger partial charge in [-0.1, -0.05) is 18.8 Å². The van der Waals surface area contributed by atoms with Crippen LogP contribution >= 0.6 is 0 Å². The number of aliphatic hydroxyl groups excluding tert-OH is 1. The Balaban J connectivity index is 3.10. The predicted molar refractivity (Wildman–Crippen MR) is 76.8 cm³/mol. The average molecular weight is 277 g/mol. The highest BCUT2D eigenvalue weighted by atomic mass is 19.1. The van der Waals surface area contributed by atoms with Gasteiger partial charge in [-0.05, 0) is 31.5 Å². The number of amides is 1. The SMILES string of the molecule is CCCN(CC)C(=O)c1ccc(F)cc1C#CCCO. The van der Waals surface area contributed by atoms with Gasteiger partial charge < -0.3 is 10.0 Å². The number of hydrogen-bond acceptors (Lipinski definition) is 2. The number of nitrogens with zero attached hydrogens (tertiary/aromatic N) is 1. The molecule has 0 fully saturated rings. The third-order valence-electron chi connectivity index (χ3n) is 2.83. The van der Waals surface area contributed by atoms with Gasteiger partial charge in [-0.3, -0.25) is 4.79 Å². The fraction of sp³-hybridized carbons (Fsp3) is 0.438. The molecule has 0 aromatic heterocycles. The van der Waals surface area contributed by atoms with Gasteiger partial charge >= 0.3 is 0 Å². The Hall–Kier alpha value is -1.86. The molecule has 0 aliphatic rings. The van der Waals surface area contributed by atoms with Crippen LogP contribution in [0.1, 0.15) is 42.6 Å². The van der Waals surface area contributed by atoms with E-state index in [-0.39, 0.29) is 12.5 Å². The Morgan fingerprint density at radius 3 is 2.75 bits per heavy atom. The number of carbonyl (C=O) groups excluding carboxylic acids is 1. The lowest BCUT2D eigenvalue weighted by molar-refractivity contribution is 0.0764. The fourth-order valence-electron chi connectivity index (χ4n) is 1.86. The minimum absolute atomic E-state index is 0.0531. The Labute approximate surface area is 119 Å². The number of hydrogen-bond donors (Lipinski definition) is 1. The minimum Gasteiger partial charge on any atom is -0.395 e. The highest BCUT2D eigenvalue weighted by Crippen LogP contribution is 2.13. The van der Waals surface area contributed by atoms with Crippen molar-refractivity contribution in [3.63, 3.8) is 0 Å². The van der Waals surface area contributed by atoms with Crippen LogP contribution in [0.4, 0.5) is 4.39 Å². The Morgan fingerprint density at radius 1 is 1.40 bits per heavy atom. The molecule has 0 saturated carbocycles. The molecule has 0 unspecified atom stereocenters. The first-order valence-electron chi connectivity index (χ1n) is 6.82. The van der Waals surface area contributed by atoms with Crippen molar-refractivity contribution in [2.45, 2.75) is 26.7 Å². The summed E-state index contributed by atoms with van der Waals surface area (Å²) in [6, 6.07) is 4.00. The van der Waals surface area contributed by atoms with E-state index in [9.17, 15) is 9.18 Å². The Morgan fingerprint density at radius 2 is 2.15 bits per heavy atom. The number of aliphatic hydroxyl groups is 1. The van der Waals surface area contributed by atoms with E-state index in [2.05, 4.69) is 11.8 Å². The Bertz CT molecular complexity index is 517. The van der Waals surface area contributed by atoms with Gasteiger partial charge in [-0.25, -0.2) is 4.39 Å². The zero-order valence-corrected chi connectivity index (χ0v) is 11.9. The van der Waals surface area contributed by atoms with E-state index < -0.39 is 5.82 Å². The van der Waals surface area contributed by atoms with Crippen LogP contribution in [0.15, 0.2) is 18.2 Å². The lowest BCUT2D eigenvalue weighted by Gasteiger charge is -2.20. The summed E-state index contributed by atoms with van der Waals surface area (Å²) in [5.74, 6) is 4.93. The van der Waals surface area contributed by atoms with Gasteiger partial charge in [0.2, 0.25) is 0 Å². The number of rotatable bonds is 5. The predicted octanol–water partition coefficient (Wildman–Crippen LogP) is 2.43. The number of carbonyl (C=O) groups is 1. The van der Waals surface area contributed by atoms with Crippen LogP contribution in [0.5, 0.6) is 0 Å². The third kappa shape index (κ3) is 4.36. The average Bonchev–Trinajstić information content (AvgIpc) is 2.44. The normalized spacial score (nSPS) is 9.80. The summed E-state index contributed by atoms with van der Waals surface area (Å²) >= 11 is 0. The van der Waals surface area contributed by atoms with Crippen LogP contribution in [0.25, 0.3) is 0 Å². The van der Waals surface area contributed by atoms with E-state index in [0.29, 0.717) is 30.6 Å². The van der Waals surface area contributed by atoms with E-state index in [0.717, 1.165) is 6.42 Å². The maximum atomic E-state index is 13.3. The molecular weight excluding hydrogens is 257 g/mol. The molecule has 1 aromatic carbocycles. The van der Waals surface area contributed by atoms with Crippen LogP contribution in [-0.4, -0.2) is 35.6 Å². The van der Waals surface area contributed by atoms with Crippen LogP contribution in [0.2, 0.25) is 0 Å². The molecule has 0 aliphatic carbocycles. The molecule has 20 heavy (non-hydrogen) atoms. The van der Waals surface area contributed by atoms with Gasteiger partial charge in [0.1, 0.15) is 5.82 Å². The van der Waals surface area contributed by atoms with Crippen molar-refractivity contribution in [1.82, 2.24) is 4.90 Å². The monoisotopic (exact) mass is 277 g/mol. The molecule has 0 atom stereocenters. The van der Waals surface area contributed by atoms with E-state index in [4.69, 9.17) is 5.11 Å². The summed E-state index contributed by atoms with van der Waals surface area (Å²) in [4.78, 5) is 14.1. The molecule has 108 valence electrons. The van der Waals surface area contributed by atoms with Crippen LogP contribution in [-0.2, 0) is 0 Å². The van der Waals surface area contributed by atoms with Gasteiger partial charge in [-0.15, -0.1) is 0 Å². The quantitative estimate of drug-likeness (QED) is 0.840. The number of halogens is 1. The summed E-state index contributed by atoms with van der Waals surface area (Å²) in [5.41, 5.74) is 0.783. The summed E-state index contributed by atoms with van der Waals surface area (Å²) < 4.78 is 13.3. The molecule has 1 amide bonds. The van der Waals surface area contributed by atoms with Gasteiger partial charge in [0, 0.05) is 25.1 Å². The second-order valence-electron chi connectivity index (χ2n) is 4.35. The molecule has 1 N–H and O–H groups in total. The molecule has 0 saturated heterocycles. The maximum absolute atomic E-state index is 13.3. The molecule has 0 spiro atoms. The standard InChI is InChI=1S/C16H20FNO2/c1-3-10-18(4-2)16(20)15-9-8-14(17)12-13(15)7-5-6-11-19/h8-9,12,19H,3-4,6,10-11H2,1-2H3. The molecule has 1 rings (SSSR count). The van der Waals surface area contributed by atoms with Crippen molar-refractivity contribution in [2.75, 3.05) is 19.7 Å². The van der Waals surface area contributed by atoms with Crippen molar-refractivity contribution >= 4 is 5.91 Å². The summed E-state index contributed by atoms with van der Waals surface area (Å²) in [7, 11) is 0. The lowest BCUT2D eigenvalue weighted by atomic mass is 10.1. The zero-order valence-electron chi connectivity index (χ0n) is 11.9. The van der Waals surface area contributed by atoms with Gasteiger partial charge in [0.25, 0.3) is 5.91 Å². The van der Waals surface area contributed by atoms with Gasteiger partial charge in [-0.2, -0.15) is 0 Å². The van der Waals surface area contributed by atoms with Crippen molar-refractivity contribution < 1.29 is 14.3 Å². The first-order chi connectivity index (χ1) is 9.63. The largest absolute Gasteiger partial charge is 0.395 e. The summed E-state index contributed by atoms with van der Waals surface area (Å²) in [5, 5.41) is 8.72. The lowest BCUT2D eigenvalue weighted by Crippen LogP contribution is -2.32. The summed E-state index contributed by atoms with van der Waals surface area (Å²) in [6.07, 6.45) is 1.17. The molecule has 0 heterocycles. The van der Waals surface area contributed by atoms with E-state index in [1.54, 1.807) is 4.90 Å². The zero-order chi connectivity index (χ0) is 15.0. The second kappa shape index (κ2) is 8.34. The maximum Gasteiger partial charge on any atom is 0.255 e. The van der Waals surface area contributed by atoms with Crippen LogP contribution in [0.3, 0.4) is 0 Å². The third-order valence-corrected chi connectivity index (χ3v) is 2.83. The summed E-state index contributed by atoms with van der Waals surface area (Å²) in [6.45, 7) is 5.13. The van der Waals surface area contributed by atoms with Crippen LogP contribution in [0, 0.1) is 17.7 Å². The van der Waals surface area contributed by atoms with Crippen molar-refractivity contribution in [3.05, 3.63) is 35.1 Å². The van der Waals surface area contributed by atoms with Crippen molar-refractivity contribution in [3.8, 4) is 11.8 Å². The first kappa shape index (κ1) is 16.2. The molecule has 0 bridgehead atoms. The van der Waals surface area contributed by atoms with E-state index in [1.807, 2.05) is 13.8 Å². The first-order valence-corrected chi connectivity index (χ1v) is 6.82. The molecule has 0 radical (unpaired) electrons. The molecule has 1 aromatic rings. The van der Waals surface area contributed by atoms with Crippen LogP contribution < -0.4 is 0 Å². The minimum atomic E-state index is -0.423. The van der Waals surface area contributed by atoms with Crippen molar-refractivity contribution in [1.29, 1.82) is 0 Å². The van der Waals surface area contributed by atoms with E-state index in [1.165, 1.54) is 18.2 Å². The molecule has 4 heteroatoms. The smallest absolute Gasteiger partial charge is 0.255 e. The second-order valence-corrected chi connectivity index (χ2v) is 4.35. The van der Waals surface area contributed by atoms with Crippen molar-refractivity contribution in [2.24, 2.45) is 0 Å². The molecule has 0 aliphatic heterocycles. The highest BCUT2D eigenvalue weighted by molar-refractivity contribution is 5.96. The fourth-order valence-corrected chi connectivity index (χ4v) is 1.86. The Kier molecular flexibility index (Phi) is 6.75. The topological polar surface area (TPSA) is 40.5 Å². The molecule has 3 nitrogen and oxygen atoms in total. The van der Waals surface area contributed by atoms with Gasteiger partial charge in [0.05, 0.1) is 12.2 Å². The molecular formula is C16H20FNO2. The number of benzene rings is 1.